The molecular formula is C18H21N5. The predicted octanol–water partition coefficient (Wildman–Crippen LogP) is 2.34. The molecule has 2 aromatic heterocycles. The predicted molar refractivity (Wildman–Crippen MR) is 90.9 cm³/mol. The Bertz CT molecular complexity index is 778. The summed E-state index contributed by atoms with van der Waals surface area (Å²) in [5, 5.41) is 8.32. The van der Waals surface area contributed by atoms with Crippen LogP contribution in [0.4, 0.5) is 5.82 Å². The Morgan fingerprint density at radius 2 is 2.13 bits per heavy atom. The van der Waals surface area contributed by atoms with Gasteiger partial charge in [0, 0.05) is 24.3 Å². The van der Waals surface area contributed by atoms with Gasteiger partial charge in [0.25, 0.3) is 0 Å². The zero-order chi connectivity index (χ0) is 15.3. The summed E-state index contributed by atoms with van der Waals surface area (Å²) in [5.41, 5.74) is 1.22. The maximum absolute atomic E-state index is 4.68. The number of hydrogen-bond acceptors (Lipinski definition) is 5. The smallest absolute Gasteiger partial charge is 0.132 e. The molecule has 2 aromatic rings. The van der Waals surface area contributed by atoms with Crippen LogP contribution in [0.2, 0.25) is 0 Å². The minimum Gasteiger partial charge on any atom is -0.365 e. The molecule has 0 unspecified atom stereocenters. The molecule has 6 heterocycles. The van der Waals surface area contributed by atoms with E-state index in [-0.39, 0.29) is 5.54 Å². The van der Waals surface area contributed by atoms with Crippen LogP contribution in [0.3, 0.4) is 0 Å². The fourth-order valence-electron chi connectivity index (χ4n) is 4.45. The van der Waals surface area contributed by atoms with Crippen molar-refractivity contribution in [2.75, 3.05) is 25.0 Å². The molecule has 1 spiro atoms. The van der Waals surface area contributed by atoms with Gasteiger partial charge in [-0.1, -0.05) is 0 Å². The molecule has 0 aliphatic carbocycles. The van der Waals surface area contributed by atoms with E-state index < -0.39 is 0 Å². The third kappa shape index (κ3) is 2.18. The molecule has 1 atom stereocenters. The Balaban J connectivity index is 1.35. The molecule has 5 nitrogen and oxygen atoms in total. The second-order valence-corrected chi connectivity index (χ2v) is 7.04. The maximum Gasteiger partial charge on any atom is 0.132 e. The maximum atomic E-state index is 4.68. The summed E-state index contributed by atoms with van der Waals surface area (Å²) >= 11 is 0. The molecule has 0 radical (unpaired) electrons. The van der Waals surface area contributed by atoms with E-state index in [1.807, 2.05) is 18.3 Å². The molecule has 6 rings (SSSR count). The van der Waals surface area contributed by atoms with E-state index in [0.717, 1.165) is 34.9 Å². The van der Waals surface area contributed by atoms with Crippen molar-refractivity contribution in [2.24, 2.45) is 5.92 Å². The van der Waals surface area contributed by atoms with Crippen LogP contribution in [-0.2, 0) is 0 Å². The summed E-state index contributed by atoms with van der Waals surface area (Å²) < 4.78 is 0. The average Bonchev–Trinajstić information content (AvgIpc) is 2.98. The highest BCUT2D eigenvalue weighted by Crippen LogP contribution is 2.41. The third-order valence-corrected chi connectivity index (χ3v) is 5.68. The molecule has 4 aliphatic rings. The normalized spacial score (nSPS) is 32.1. The third-order valence-electron chi connectivity index (χ3n) is 5.68. The Hall–Kier alpha value is -2.14. The highest BCUT2D eigenvalue weighted by Gasteiger charge is 2.48. The summed E-state index contributed by atoms with van der Waals surface area (Å²) in [4.78, 5) is 11.4. The van der Waals surface area contributed by atoms with Crippen LogP contribution in [0.5, 0.6) is 0 Å². The van der Waals surface area contributed by atoms with Crippen molar-refractivity contribution in [1.29, 1.82) is 0 Å². The van der Waals surface area contributed by atoms with Gasteiger partial charge < -0.3 is 15.5 Å². The molecule has 23 heavy (non-hydrogen) atoms. The number of aromatic nitrogens is 2. The van der Waals surface area contributed by atoms with Crippen molar-refractivity contribution in [3.8, 4) is 0 Å². The van der Waals surface area contributed by atoms with Crippen molar-refractivity contribution < 1.29 is 0 Å². The number of nitrogens with zero attached hydrogens (tertiary/aromatic N) is 3. The van der Waals surface area contributed by atoms with Gasteiger partial charge in [0.2, 0.25) is 0 Å². The lowest BCUT2D eigenvalue weighted by molar-refractivity contribution is 0.0189. The van der Waals surface area contributed by atoms with Gasteiger partial charge >= 0.3 is 0 Å². The molecule has 3 saturated heterocycles. The average molecular weight is 307 g/mol. The minimum absolute atomic E-state index is 0.250. The molecule has 0 saturated carbocycles. The molecule has 3 fully saturated rings. The first kappa shape index (κ1) is 13.3. The number of rotatable bonds is 2. The summed E-state index contributed by atoms with van der Waals surface area (Å²) in [6.45, 7) is 3.73. The minimum atomic E-state index is 0.250. The number of piperidine rings is 3. The van der Waals surface area contributed by atoms with Crippen LogP contribution in [0, 0.1) is 5.92 Å². The van der Waals surface area contributed by atoms with Crippen molar-refractivity contribution in [2.45, 2.75) is 24.8 Å². The monoisotopic (exact) mass is 307 g/mol. The summed E-state index contributed by atoms with van der Waals surface area (Å²) in [7, 11) is 0. The van der Waals surface area contributed by atoms with Gasteiger partial charge in [-0.05, 0) is 62.5 Å². The second-order valence-electron chi connectivity index (χ2n) is 7.04. The van der Waals surface area contributed by atoms with Crippen LogP contribution in [0.25, 0.3) is 10.9 Å². The van der Waals surface area contributed by atoms with Crippen LogP contribution in [0.15, 0.2) is 42.5 Å². The van der Waals surface area contributed by atoms with Crippen LogP contribution >= 0.6 is 0 Å². The lowest BCUT2D eigenvalue weighted by atomic mass is 9.72. The van der Waals surface area contributed by atoms with Gasteiger partial charge in [-0.25, -0.2) is 4.98 Å². The van der Waals surface area contributed by atoms with Crippen molar-refractivity contribution in [3.63, 3.8) is 0 Å². The summed E-state index contributed by atoms with van der Waals surface area (Å²) in [6, 6.07) is 6.04. The van der Waals surface area contributed by atoms with Gasteiger partial charge in [0.05, 0.1) is 11.1 Å². The zero-order valence-corrected chi connectivity index (χ0v) is 13.1. The van der Waals surface area contributed by atoms with E-state index in [0.29, 0.717) is 0 Å². The molecule has 0 aromatic carbocycles. The van der Waals surface area contributed by atoms with E-state index in [4.69, 9.17) is 0 Å². The number of anilines is 1. The van der Waals surface area contributed by atoms with E-state index in [9.17, 15) is 0 Å². The molecule has 2 bridgehead atoms. The molecular weight excluding hydrogens is 286 g/mol. The number of nitrogens with one attached hydrogen (secondary N) is 2. The van der Waals surface area contributed by atoms with E-state index in [2.05, 4.69) is 37.6 Å². The van der Waals surface area contributed by atoms with Gasteiger partial charge in [-0.15, -0.1) is 0 Å². The lowest BCUT2D eigenvalue weighted by Gasteiger charge is -2.52. The Kier molecular flexibility index (Phi) is 2.85. The van der Waals surface area contributed by atoms with E-state index in [1.54, 1.807) is 6.20 Å². The lowest BCUT2D eigenvalue weighted by Crippen LogP contribution is -2.64. The fraction of sp³-hybridized carbons (Fsp3) is 0.444. The topological polar surface area (TPSA) is 53.1 Å². The Morgan fingerprint density at radius 1 is 1.22 bits per heavy atom. The SMILES string of the molecule is C1=C(Nc2ccc3cnccc3n2)N[C@@]2(C1)CN1CCC2CC1. The Labute approximate surface area is 135 Å². The van der Waals surface area contributed by atoms with E-state index in [1.165, 1.54) is 32.5 Å². The number of hydrogen-bond donors (Lipinski definition) is 2. The van der Waals surface area contributed by atoms with Gasteiger partial charge in [-0.2, -0.15) is 0 Å². The van der Waals surface area contributed by atoms with E-state index >= 15 is 0 Å². The second kappa shape index (κ2) is 4.93. The molecule has 0 amide bonds. The summed E-state index contributed by atoms with van der Waals surface area (Å²) in [5.74, 6) is 2.80. The molecule has 118 valence electrons. The zero-order valence-electron chi connectivity index (χ0n) is 13.1. The van der Waals surface area contributed by atoms with Gasteiger partial charge in [0.1, 0.15) is 11.6 Å². The van der Waals surface area contributed by atoms with Crippen molar-refractivity contribution in [1.82, 2.24) is 20.2 Å². The van der Waals surface area contributed by atoms with Crippen molar-refractivity contribution >= 4 is 16.7 Å². The first-order valence-corrected chi connectivity index (χ1v) is 8.49. The Morgan fingerprint density at radius 3 is 2.96 bits per heavy atom. The first-order chi connectivity index (χ1) is 11.3. The van der Waals surface area contributed by atoms with Crippen LogP contribution in [-0.4, -0.2) is 40.0 Å². The molecule has 5 heteroatoms. The van der Waals surface area contributed by atoms with Gasteiger partial charge in [-0.3, -0.25) is 4.98 Å². The molecule has 4 aliphatic heterocycles. The number of fused-ring (bicyclic) bond motifs is 3. The summed E-state index contributed by atoms with van der Waals surface area (Å²) in [6.07, 6.45) is 9.72. The van der Waals surface area contributed by atoms with Crippen LogP contribution in [0.1, 0.15) is 19.3 Å². The number of pyridine rings is 2. The highest BCUT2D eigenvalue weighted by molar-refractivity contribution is 5.79. The van der Waals surface area contributed by atoms with Gasteiger partial charge in [0.15, 0.2) is 0 Å². The highest BCUT2D eigenvalue weighted by atomic mass is 15.3. The largest absolute Gasteiger partial charge is 0.365 e. The molecule has 2 N–H and O–H groups in total. The quantitative estimate of drug-likeness (QED) is 0.892. The van der Waals surface area contributed by atoms with Crippen molar-refractivity contribution in [3.05, 3.63) is 42.5 Å². The first-order valence-electron chi connectivity index (χ1n) is 8.49. The van der Waals surface area contributed by atoms with Crippen LogP contribution < -0.4 is 10.6 Å². The fourth-order valence-corrected chi connectivity index (χ4v) is 4.45. The standard InChI is InChI=1S/C18H21N5/c1-2-16(20-15-4-8-19-11-13(1)15)21-17-3-7-18(22-17)12-23-9-5-14(18)6-10-23/h1-4,8,11,14,22H,5-7,9-10,12H2,(H,20,21)/t18-/m0/s1.